The van der Waals surface area contributed by atoms with E-state index in [9.17, 15) is 9.90 Å². The summed E-state index contributed by atoms with van der Waals surface area (Å²) in [5.41, 5.74) is 3.07. The molecule has 1 unspecified atom stereocenters. The van der Waals surface area contributed by atoms with Gasteiger partial charge in [0.2, 0.25) is 0 Å². The molecule has 0 bridgehead atoms. The first-order valence-electron chi connectivity index (χ1n) is 9.29. The van der Waals surface area contributed by atoms with Crippen molar-refractivity contribution >= 4 is 46.8 Å². The summed E-state index contributed by atoms with van der Waals surface area (Å²) < 4.78 is 0. The van der Waals surface area contributed by atoms with E-state index in [1.807, 2.05) is 25.4 Å². The number of carbonyl (C=O) groups excluding carboxylic acids is 1. The average molecular weight is 424 g/mol. The summed E-state index contributed by atoms with van der Waals surface area (Å²) in [5.74, 6) is 0.790. The quantitative estimate of drug-likeness (QED) is 0.600. The van der Waals surface area contributed by atoms with Gasteiger partial charge >= 0.3 is 0 Å². The van der Waals surface area contributed by atoms with Crippen LogP contribution in [-0.4, -0.2) is 58.0 Å². The Morgan fingerprint density at radius 1 is 1.50 bits per heavy atom. The monoisotopic (exact) mass is 423 g/mol. The molecular formula is C19H26ClN5O2S. The number of nitrogens with one attached hydrogen (secondary N) is 3. The molecule has 0 aromatic carbocycles. The third-order valence-corrected chi connectivity index (χ3v) is 6.24. The molecule has 7 nitrogen and oxygen atoms in total. The van der Waals surface area contributed by atoms with Crippen molar-refractivity contribution in [3.05, 3.63) is 35.1 Å². The van der Waals surface area contributed by atoms with Gasteiger partial charge in [-0.15, -0.1) is 24.2 Å². The number of aryl methyl sites for hydroxylation is 1. The fraction of sp³-hybridized carbons (Fsp3) is 0.474. The van der Waals surface area contributed by atoms with E-state index in [4.69, 9.17) is 0 Å². The molecule has 9 heteroatoms. The minimum absolute atomic E-state index is 0. The minimum atomic E-state index is -0.327. The van der Waals surface area contributed by atoms with Gasteiger partial charge in [-0.3, -0.25) is 4.79 Å². The first kappa shape index (κ1) is 21.0. The summed E-state index contributed by atoms with van der Waals surface area (Å²) in [6, 6.07) is 2.07. The summed E-state index contributed by atoms with van der Waals surface area (Å²) in [6.07, 6.45) is 6.03. The van der Waals surface area contributed by atoms with Crippen LogP contribution in [0.5, 0.6) is 0 Å². The van der Waals surface area contributed by atoms with E-state index in [1.54, 1.807) is 18.0 Å². The molecular weight excluding hydrogens is 398 g/mol. The van der Waals surface area contributed by atoms with Gasteiger partial charge in [0.25, 0.3) is 5.91 Å². The number of pyridine rings is 1. The third-order valence-electron chi connectivity index (χ3n) is 5.25. The number of carbonyl (C=O) groups is 1. The molecule has 0 spiro atoms. The lowest BCUT2D eigenvalue weighted by Gasteiger charge is -2.28. The van der Waals surface area contributed by atoms with Gasteiger partial charge in [-0.1, -0.05) is 0 Å². The Labute approximate surface area is 174 Å². The van der Waals surface area contributed by atoms with Crippen LogP contribution in [0, 0.1) is 6.92 Å². The Kier molecular flexibility index (Phi) is 6.54. The van der Waals surface area contributed by atoms with Crippen LogP contribution in [-0.2, 0) is 4.79 Å². The molecule has 3 atom stereocenters. The summed E-state index contributed by atoms with van der Waals surface area (Å²) in [6.45, 7) is 5.47. The number of aliphatic hydroxyl groups excluding tert-OH is 1. The zero-order chi connectivity index (χ0) is 19.0. The van der Waals surface area contributed by atoms with E-state index >= 15 is 0 Å². The van der Waals surface area contributed by atoms with Crippen molar-refractivity contribution in [2.75, 3.05) is 23.7 Å². The van der Waals surface area contributed by atoms with Crippen LogP contribution in [0.25, 0.3) is 11.0 Å². The van der Waals surface area contributed by atoms with E-state index in [1.165, 1.54) is 0 Å². The Balaban J connectivity index is 0.00000225. The SMILES string of the molecule is Cc1c[nH]c2nccc(N3C=C(C(=O)NC(C)[C@H]4C[C@H](O)CN4)SCC3)c12.Cl. The van der Waals surface area contributed by atoms with E-state index < -0.39 is 0 Å². The molecule has 2 aliphatic rings. The average Bonchev–Trinajstić information content (AvgIpc) is 3.28. The number of rotatable bonds is 4. The first-order valence-corrected chi connectivity index (χ1v) is 10.3. The van der Waals surface area contributed by atoms with E-state index in [-0.39, 0.29) is 36.5 Å². The van der Waals surface area contributed by atoms with Gasteiger partial charge in [-0.2, -0.15) is 0 Å². The summed E-state index contributed by atoms with van der Waals surface area (Å²) >= 11 is 1.58. The van der Waals surface area contributed by atoms with E-state index in [0.717, 1.165) is 34.6 Å². The Morgan fingerprint density at radius 2 is 2.32 bits per heavy atom. The number of thioether (sulfide) groups is 1. The standard InChI is InChI=1S/C19H25N5O2S.ClH/c1-11-8-22-18-17(11)15(3-4-20-18)24-5-6-27-16(10-24)19(26)23-12(2)14-7-13(25)9-21-14;/h3-4,8,10,12-14,21,25H,5-7,9H2,1-2H3,(H,20,22)(H,23,26);1H/t12?,13-,14+;/m0./s1. The normalized spacial score (nSPS) is 23.2. The lowest BCUT2D eigenvalue weighted by molar-refractivity contribution is -0.117. The maximum atomic E-state index is 12.8. The molecule has 4 heterocycles. The molecule has 28 heavy (non-hydrogen) atoms. The molecule has 4 rings (SSSR count). The van der Waals surface area contributed by atoms with Crippen molar-refractivity contribution in [2.45, 2.75) is 38.5 Å². The number of nitrogens with zero attached hydrogens (tertiary/aromatic N) is 2. The molecule has 0 radical (unpaired) electrons. The maximum Gasteiger partial charge on any atom is 0.259 e. The van der Waals surface area contributed by atoms with Crippen LogP contribution in [0.15, 0.2) is 29.6 Å². The van der Waals surface area contributed by atoms with Gasteiger partial charge in [0.15, 0.2) is 0 Å². The lowest BCUT2D eigenvalue weighted by atomic mass is 10.1. The van der Waals surface area contributed by atoms with Crippen molar-refractivity contribution in [3.63, 3.8) is 0 Å². The molecule has 2 aromatic rings. The molecule has 4 N–H and O–H groups in total. The number of aromatic nitrogens is 2. The van der Waals surface area contributed by atoms with Crippen LogP contribution in [0.2, 0.25) is 0 Å². The number of amides is 1. The Hall–Kier alpha value is -1.74. The largest absolute Gasteiger partial charge is 0.392 e. The second-order valence-corrected chi connectivity index (χ2v) is 8.36. The van der Waals surface area contributed by atoms with Crippen molar-refractivity contribution in [1.29, 1.82) is 0 Å². The molecule has 1 saturated heterocycles. The van der Waals surface area contributed by atoms with Crippen LogP contribution in [0.1, 0.15) is 18.9 Å². The number of halogens is 1. The van der Waals surface area contributed by atoms with Gasteiger partial charge < -0.3 is 25.6 Å². The highest BCUT2D eigenvalue weighted by molar-refractivity contribution is 8.04. The van der Waals surface area contributed by atoms with Crippen LogP contribution in [0.3, 0.4) is 0 Å². The van der Waals surface area contributed by atoms with Crippen LogP contribution >= 0.6 is 24.2 Å². The van der Waals surface area contributed by atoms with Crippen molar-refractivity contribution in [3.8, 4) is 0 Å². The number of hydrogen-bond donors (Lipinski definition) is 4. The van der Waals surface area contributed by atoms with Gasteiger partial charge in [0.05, 0.1) is 16.7 Å². The molecule has 1 amide bonds. The van der Waals surface area contributed by atoms with Gasteiger partial charge in [-0.25, -0.2) is 4.98 Å². The zero-order valence-electron chi connectivity index (χ0n) is 15.9. The molecule has 0 saturated carbocycles. The third kappa shape index (κ3) is 4.15. The number of β-amino-alcohol motifs (C(OH)–C–C–N with tert-alkyl or cyclic N) is 1. The second kappa shape index (κ2) is 8.73. The highest BCUT2D eigenvalue weighted by Gasteiger charge is 2.29. The fourth-order valence-corrected chi connectivity index (χ4v) is 4.66. The Morgan fingerprint density at radius 3 is 3.07 bits per heavy atom. The molecule has 2 aromatic heterocycles. The minimum Gasteiger partial charge on any atom is -0.392 e. The lowest BCUT2D eigenvalue weighted by Crippen LogP contribution is -2.46. The predicted octanol–water partition coefficient (Wildman–Crippen LogP) is 1.92. The van der Waals surface area contributed by atoms with Crippen molar-refractivity contribution in [1.82, 2.24) is 20.6 Å². The van der Waals surface area contributed by atoms with Crippen molar-refractivity contribution < 1.29 is 9.90 Å². The predicted molar refractivity (Wildman–Crippen MR) is 116 cm³/mol. The Bertz CT molecular complexity index is 886. The fourth-order valence-electron chi connectivity index (χ4n) is 3.76. The number of aromatic amines is 1. The number of aliphatic hydroxyl groups is 1. The highest BCUT2D eigenvalue weighted by Crippen LogP contribution is 2.32. The van der Waals surface area contributed by atoms with Crippen LogP contribution in [0.4, 0.5) is 5.69 Å². The topological polar surface area (TPSA) is 93.3 Å². The highest BCUT2D eigenvalue weighted by atomic mass is 35.5. The zero-order valence-corrected chi connectivity index (χ0v) is 17.6. The number of anilines is 1. The molecule has 1 fully saturated rings. The smallest absolute Gasteiger partial charge is 0.259 e. The van der Waals surface area contributed by atoms with Crippen LogP contribution < -0.4 is 15.5 Å². The maximum absolute atomic E-state index is 12.8. The van der Waals surface area contributed by atoms with E-state index in [2.05, 4.69) is 32.4 Å². The molecule has 152 valence electrons. The summed E-state index contributed by atoms with van der Waals surface area (Å²) in [4.78, 5) is 23.2. The summed E-state index contributed by atoms with van der Waals surface area (Å²) in [7, 11) is 0. The summed E-state index contributed by atoms with van der Waals surface area (Å²) in [5, 5.41) is 17.1. The second-order valence-electron chi connectivity index (χ2n) is 7.23. The van der Waals surface area contributed by atoms with Gasteiger partial charge in [0, 0.05) is 54.9 Å². The van der Waals surface area contributed by atoms with Gasteiger partial charge in [0.1, 0.15) is 5.65 Å². The first-order chi connectivity index (χ1) is 13.0. The van der Waals surface area contributed by atoms with Crippen molar-refractivity contribution in [2.24, 2.45) is 0 Å². The number of hydrogen-bond acceptors (Lipinski definition) is 6. The number of fused-ring (bicyclic) bond motifs is 1. The van der Waals surface area contributed by atoms with Gasteiger partial charge in [-0.05, 0) is 31.9 Å². The molecule has 2 aliphatic heterocycles. The molecule has 0 aliphatic carbocycles. The van der Waals surface area contributed by atoms with E-state index in [0.29, 0.717) is 17.9 Å². The number of H-pyrrole nitrogens is 1.